The van der Waals surface area contributed by atoms with Gasteiger partial charge in [-0.05, 0) is 70.7 Å². The van der Waals surface area contributed by atoms with Crippen molar-refractivity contribution in [2.24, 2.45) is 0 Å². The molecule has 1 N–H and O–H groups in total. The minimum atomic E-state index is 0.108. The number of halogens is 3. The number of hydrogen-bond acceptors (Lipinski definition) is 1. The van der Waals surface area contributed by atoms with Gasteiger partial charge in [-0.2, -0.15) is 0 Å². The summed E-state index contributed by atoms with van der Waals surface area (Å²) in [5, 5.41) is 5.09. The molecule has 0 spiro atoms. The molecule has 0 aliphatic heterocycles. The van der Waals surface area contributed by atoms with E-state index in [1.54, 1.807) is 0 Å². The van der Waals surface area contributed by atoms with Crippen LogP contribution in [0.4, 0.5) is 0 Å². The molecule has 21 heavy (non-hydrogen) atoms. The Morgan fingerprint density at radius 1 is 1.05 bits per heavy atom. The molecule has 0 bridgehead atoms. The zero-order valence-corrected chi connectivity index (χ0v) is 15.2. The third kappa shape index (κ3) is 4.23. The molecule has 1 atom stereocenters. The zero-order valence-electron chi connectivity index (χ0n) is 12.1. The molecule has 0 saturated heterocycles. The largest absolute Gasteiger partial charge is 0.306 e. The number of benzene rings is 2. The fourth-order valence-electron chi connectivity index (χ4n) is 2.20. The average Bonchev–Trinajstić information content (AvgIpc) is 2.46. The topological polar surface area (TPSA) is 12.0 Å². The van der Waals surface area contributed by atoms with Gasteiger partial charge in [-0.25, -0.2) is 0 Å². The van der Waals surface area contributed by atoms with Crippen LogP contribution >= 0.6 is 39.1 Å². The summed E-state index contributed by atoms with van der Waals surface area (Å²) in [6.45, 7) is 5.11. The van der Waals surface area contributed by atoms with E-state index in [-0.39, 0.29) is 6.04 Å². The monoisotopic (exact) mass is 385 g/mol. The van der Waals surface area contributed by atoms with Crippen LogP contribution in [-0.2, 0) is 0 Å². The van der Waals surface area contributed by atoms with Crippen LogP contribution in [0.25, 0.3) is 0 Å². The Kier molecular flexibility index (Phi) is 6.12. The summed E-state index contributed by atoms with van der Waals surface area (Å²) in [6.07, 6.45) is 1.07. The normalized spacial score (nSPS) is 12.4. The second-order valence-corrected chi connectivity index (χ2v) is 6.74. The Labute approximate surface area is 144 Å². The first kappa shape index (κ1) is 16.8. The molecule has 0 heterocycles. The Morgan fingerprint density at radius 3 is 2.33 bits per heavy atom. The second-order valence-electron chi connectivity index (χ2n) is 5.07. The van der Waals surface area contributed by atoms with Crippen molar-refractivity contribution in [2.45, 2.75) is 26.3 Å². The van der Waals surface area contributed by atoms with E-state index in [1.807, 2.05) is 25.1 Å². The van der Waals surface area contributed by atoms with Crippen molar-refractivity contribution in [3.05, 3.63) is 67.6 Å². The van der Waals surface area contributed by atoms with Crippen molar-refractivity contribution < 1.29 is 0 Å². The van der Waals surface area contributed by atoms with Crippen LogP contribution in [-0.4, -0.2) is 6.54 Å². The molecule has 2 aromatic carbocycles. The van der Waals surface area contributed by atoms with Crippen LogP contribution < -0.4 is 5.32 Å². The highest BCUT2D eigenvalue weighted by Gasteiger charge is 2.15. The number of hydrogen-bond donors (Lipinski definition) is 1. The maximum absolute atomic E-state index is 6.28. The van der Waals surface area contributed by atoms with E-state index < -0.39 is 0 Å². The Bertz CT molecular complexity index is 577. The first-order chi connectivity index (χ1) is 10.0. The molecule has 0 amide bonds. The maximum Gasteiger partial charge on any atom is 0.0577 e. The molecule has 4 heteroatoms. The molecular weight excluding hydrogens is 369 g/mol. The van der Waals surface area contributed by atoms with Gasteiger partial charge in [-0.3, -0.25) is 0 Å². The maximum atomic E-state index is 6.28. The molecule has 1 unspecified atom stereocenters. The molecular formula is C17H18BrCl2N. The number of aryl methyl sites for hydroxylation is 1. The predicted molar refractivity (Wildman–Crippen MR) is 95.5 cm³/mol. The summed E-state index contributed by atoms with van der Waals surface area (Å²) in [6, 6.07) is 12.3. The van der Waals surface area contributed by atoms with Crippen LogP contribution in [0.3, 0.4) is 0 Å². The van der Waals surface area contributed by atoms with Gasteiger partial charge in [0.2, 0.25) is 0 Å². The highest BCUT2D eigenvalue weighted by Crippen LogP contribution is 2.30. The molecule has 0 radical (unpaired) electrons. The predicted octanol–water partition coefficient (Wildman–Crippen LogP) is 6.15. The summed E-state index contributed by atoms with van der Waals surface area (Å²) < 4.78 is 0.906. The van der Waals surface area contributed by atoms with Gasteiger partial charge in [-0.15, -0.1) is 0 Å². The lowest BCUT2D eigenvalue weighted by molar-refractivity contribution is 0.598. The van der Waals surface area contributed by atoms with E-state index in [0.717, 1.165) is 38.6 Å². The van der Waals surface area contributed by atoms with E-state index in [4.69, 9.17) is 23.2 Å². The van der Waals surface area contributed by atoms with Crippen molar-refractivity contribution >= 4 is 39.1 Å². The minimum Gasteiger partial charge on any atom is -0.306 e. The fraction of sp³-hybridized carbons (Fsp3) is 0.294. The molecule has 0 saturated carbocycles. The van der Waals surface area contributed by atoms with Crippen LogP contribution in [0, 0.1) is 6.92 Å². The highest BCUT2D eigenvalue weighted by atomic mass is 79.9. The fourth-order valence-corrected chi connectivity index (χ4v) is 2.90. The van der Waals surface area contributed by atoms with Gasteiger partial charge in [0.1, 0.15) is 0 Å². The van der Waals surface area contributed by atoms with E-state index in [1.165, 1.54) is 5.56 Å². The van der Waals surface area contributed by atoms with Gasteiger partial charge in [0, 0.05) is 9.50 Å². The van der Waals surface area contributed by atoms with E-state index in [0.29, 0.717) is 0 Å². The van der Waals surface area contributed by atoms with Crippen LogP contribution in [0.15, 0.2) is 40.9 Å². The summed E-state index contributed by atoms with van der Waals surface area (Å²) in [5.41, 5.74) is 3.42. The van der Waals surface area contributed by atoms with Crippen molar-refractivity contribution in [3.63, 3.8) is 0 Å². The van der Waals surface area contributed by atoms with Gasteiger partial charge >= 0.3 is 0 Å². The van der Waals surface area contributed by atoms with Gasteiger partial charge in [0.25, 0.3) is 0 Å². The Balaban J connectivity index is 2.41. The Hall–Kier alpha value is -0.540. The summed E-state index contributed by atoms with van der Waals surface area (Å²) in [4.78, 5) is 0. The zero-order chi connectivity index (χ0) is 15.4. The van der Waals surface area contributed by atoms with Crippen molar-refractivity contribution in [2.75, 3.05) is 6.54 Å². The molecule has 0 aromatic heterocycles. The molecule has 1 nitrogen and oxygen atoms in total. The summed E-state index contributed by atoms with van der Waals surface area (Å²) in [7, 11) is 0. The van der Waals surface area contributed by atoms with E-state index in [2.05, 4.69) is 46.4 Å². The quantitative estimate of drug-likeness (QED) is 0.649. The minimum absolute atomic E-state index is 0.108. The van der Waals surface area contributed by atoms with Crippen molar-refractivity contribution in [3.8, 4) is 0 Å². The molecule has 2 aromatic rings. The molecule has 0 aliphatic carbocycles. The molecule has 0 fully saturated rings. The van der Waals surface area contributed by atoms with Crippen molar-refractivity contribution in [1.29, 1.82) is 0 Å². The lowest BCUT2D eigenvalue weighted by Crippen LogP contribution is -2.23. The smallest absolute Gasteiger partial charge is 0.0577 e. The molecule has 2 rings (SSSR count). The van der Waals surface area contributed by atoms with E-state index in [9.17, 15) is 0 Å². The third-order valence-electron chi connectivity index (χ3n) is 3.40. The second kappa shape index (κ2) is 7.64. The molecule has 112 valence electrons. The standard InChI is InChI=1S/C17H18BrCl2N/c1-3-8-21-17(12-6-7-15(19)14(18)9-12)13-5-4-11(2)16(20)10-13/h4-7,9-10,17,21H,3,8H2,1-2H3. The first-order valence-electron chi connectivity index (χ1n) is 6.97. The first-order valence-corrected chi connectivity index (χ1v) is 8.52. The van der Waals surface area contributed by atoms with Crippen LogP contribution in [0.1, 0.15) is 36.1 Å². The van der Waals surface area contributed by atoms with Gasteiger partial charge in [-0.1, -0.05) is 48.3 Å². The summed E-state index contributed by atoms with van der Waals surface area (Å²) in [5.74, 6) is 0. The van der Waals surface area contributed by atoms with Gasteiger partial charge < -0.3 is 5.32 Å². The van der Waals surface area contributed by atoms with Crippen LogP contribution in [0.2, 0.25) is 10.0 Å². The number of rotatable bonds is 5. The number of nitrogens with one attached hydrogen (secondary N) is 1. The van der Waals surface area contributed by atoms with Crippen molar-refractivity contribution in [1.82, 2.24) is 5.32 Å². The lowest BCUT2D eigenvalue weighted by Gasteiger charge is -2.21. The molecule has 0 aliphatic rings. The summed E-state index contributed by atoms with van der Waals surface area (Å²) >= 11 is 15.9. The van der Waals surface area contributed by atoms with Gasteiger partial charge in [0.15, 0.2) is 0 Å². The SMILES string of the molecule is CCCNC(c1ccc(C)c(Cl)c1)c1ccc(Cl)c(Br)c1. The van der Waals surface area contributed by atoms with E-state index >= 15 is 0 Å². The van der Waals surface area contributed by atoms with Gasteiger partial charge in [0.05, 0.1) is 11.1 Å². The Morgan fingerprint density at radius 2 is 1.71 bits per heavy atom. The van der Waals surface area contributed by atoms with Crippen LogP contribution in [0.5, 0.6) is 0 Å². The lowest BCUT2D eigenvalue weighted by atomic mass is 9.97. The average molecular weight is 387 g/mol. The highest BCUT2D eigenvalue weighted by molar-refractivity contribution is 9.10. The third-order valence-corrected chi connectivity index (χ3v) is 5.03.